The number of carbonyl (C=O) groups is 3. The summed E-state index contributed by atoms with van der Waals surface area (Å²) in [4.78, 5) is 44.2. The molecule has 3 fully saturated rings. The number of imide groups is 1. The van der Waals surface area contributed by atoms with Crippen LogP contribution in [0.4, 0.5) is 0 Å². The van der Waals surface area contributed by atoms with Crippen LogP contribution in [0, 0.1) is 0 Å². The summed E-state index contributed by atoms with van der Waals surface area (Å²) >= 11 is 0. The molecule has 1 saturated carbocycles. The number of benzene rings is 1. The number of hydrogen-bond acceptors (Lipinski definition) is 6. The Hall–Kier alpha value is -3.26. The number of amides is 3. The lowest BCUT2D eigenvalue weighted by Crippen LogP contribution is -2.54. The Morgan fingerprint density at radius 3 is 2.44 bits per heavy atom. The molecule has 1 aromatic heterocycles. The number of hydrazine groups is 1. The van der Waals surface area contributed by atoms with Crippen LogP contribution in [0.5, 0.6) is 5.75 Å². The summed E-state index contributed by atoms with van der Waals surface area (Å²) < 4.78 is 6.44. The molecule has 2 atom stereocenters. The van der Waals surface area contributed by atoms with Gasteiger partial charge in [-0.15, -0.1) is 0 Å². The van der Waals surface area contributed by atoms with Gasteiger partial charge in [0.15, 0.2) is 0 Å². The Kier molecular flexibility index (Phi) is 5.32. The van der Waals surface area contributed by atoms with Gasteiger partial charge in [0, 0.05) is 55.8 Å². The molecule has 8 heteroatoms. The van der Waals surface area contributed by atoms with Gasteiger partial charge in [-0.2, -0.15) is 5.01 Å². The van der Waals surface area contributed by atoms with Gasteiger partial charge in [0.2, 0.25) is 11.8 Å². The average molecular weight is 461 g/mol. The second-order valence-corrected chi connectivity index (χ2v) is 9.72. The minimum absolute atomic E-state index is 0.120. The molecule has 6 rings (SSSR count). The van der Waals surface area contributed by atoms with E-state index in [1.54, 1.807) is 6.07 Å². The van der Waals surface area contributed by atoms with Gasteiger partial charge in [-0.05, 0) is 67.1 Å². The molecular weight excluding hydrogens is 432 g/mol. The third-order valence-corrected chi connectivity index (χ3v) is 7.62. The SMILES string of the molecule is O=C1c2ccc(O[C@@H]3CCC[C@@H]3N3CC(c4ccncc4)C3)cc2CN1N1C(=O)CCCC1=O. The predicted octanol–water partition coefficient (Wildman–Crippen LogP) is 2.89. The number of rotatable bonds is 5. The van der Waals surface area contributed by atoms with Crippen molar-refractivity contribution in [2.45, 2.75) is 63.1 Å². The molecule has 1 aliphatic carbocycles. The minimum Gasteiger partial charge on any atom is -0.489 e. The summed E-state index contributed by atoms with van der Waals surface area (Å²) in [5.74, 6) is 0.394. The normalized spacial score (nSPS) is 25.6. The highest BCUT2D eigenvalue weighted by atomic mass is 16.5. The zero-order valence-corrected chi connectivity index (χ0v) is 19.1. The van der Waals surface area contributed by atoms with Crippen LogP contribution in [0.3, 0.4) is 0 Å². The monoisotopic (exact) mass is 460 g/mol. The van der Waals surface area contributed by atoms with E-state index in [4.69, 9.17) is 4.74 Å². The molecule has 34 heavy (non-hydrogen) atoms. The van der Waals surface area contributed by atoms with E-state index in [0.29, 0.717) is 36.8 Å². The molecular formula is C26H28N4O4. The van der Waals surface area contributed by atoms with E-state index in [-0.39, 0.29) is 30.4 Å². The maximum Gasteiger partial charge on any atom is 0.273 e. The van der Waals surface area contributed by atoms with E-state index in [9.17, 15) is 14.4 Å². The topological polar surface area (TPSA) is 83.1 Å². The summed E-state index contributed by atoms with van der Waals surface area (Å²) in [6, 6.07) is 10.1. The van der Waals surface area contributed by atoms with E-state index < -0.39 is 0 Å². The Balaban J connectivity index is 1.12. The molecule has 4 aliphatic rings. The van der Waals surface area contributed by atoms with Gasteiger partial charge in [0.05, 0.1) is 6.54 Å². The third-order valence-electron chi connectivity index (χ3n) is 7.62. The smallest absolute Gasteiger partial charge is 0.273 e. The number of carbonyl (C=O) groups excluding carboxylic acids is 3. The zero-order chi connectivity index (χ0) is 23.2. The molecule has 8 nitrogen and oxygen atoms in total. The average Bonchev–Trinajstić information content (AvgIpc) is 3.38. The van der Waals surface area contributed by atoms with Crippen LogP contribution >= 0.6 is 0 Å². The Morgan fingerprint density at radius 2 is 1.68 bits per heavy atom. The van der Waals surface area contributed by atoms with Gasteiger partial charge in [0.1, 0.15) is 11.9 Å². The minimum atomic E-state index is -0.303. The number of likely N-dealkylation sites (tertiary alicyclic amines) is 1. The number of piperidine rings is 1. The number of fused-ring (bicyclic) bond motifs is 1. The summed E-state index contributed by atoms with van der Waals surface area (Å²) in [6.45, 7) is 2.30. The molecule has 0 bridgehead atoms. The highest BCUT2D eigenvalue weighted by molar-refractivity contribution is 6.04. The van der Waals surface area contributed by atoms with Crippen molar-refractivity contribution in [1.82, 2.24) is 19.9 Å². The molecule has 0 N–H and O–H groups in total. The fourth-order valence-electron chi connectivity index (χ4n) is 5.79. The molecule has 3 amide bonds. The molecule has 0 spiro atoms. The maximum atomic E-state index is 12.9. The second kappa shape index (κ2) is 8.51. The van der Waals surface area contributed by atoms with E-state index in [1.807, 2.05) is 24.5 Å². The van der Waals surface area contributed by atoms with Crippen LogP contribution < -0.4 is 4.74 Å². The fraction of sp³-hybridized carbons (Fsp3) is 0.462. The van der Waals surface area contributed by atoms with Crippen LogP contribution in [0.2, 0.25) is 0 Å². The van der Waals surface area contributed by atoms with Crippen molar-refractivity contribution in [1.29, 1.82) is 0 Å². The molecule has 0 radical (unpaired) electrons. The van der Waals surface area contributed by atoms with Gasteiger partial charge in [0.25, 0.3) is 5.91 Å². The quantitative estimate of drug-likeness (QED) is 0.638. The Labute approximate surface area is 198 Å². The largest absolute Gasteiger partial charge is 0.489 e. The van der Waals surface area contributed by atoms with E-state index >= 15 is 0 Å². The van der Waals surface area contributed by atoms with Gasteiger partial charge < -0.3 is 4.74 Å². The molecule has 3 aliphatic heterocycles. The number of ether oxygens (including phenoxy) is 1. The second-order valence-electron chi connectivity index (χ2n) is 9.72. The zero-order valence-electron chi connectivity index (χ0n) is 19.1. The van der Waals surface area contributed by atoms with Crippen molar-refractivity contribution in [3.8, 4) is 5.75 Å². The molecule has 0 unspecified atom stereocenters. The molecule has 4 heterocycles. The van der Waals surface area contributed by atoms with Crippen molar-refractivity contribution in [2.24, 2.45) is 0 Å². The number of pyridine rings is 1. The van der Waals surface area contributed by atoms with Gasteiger partial charge in [-0.3, -0.25) is 24.3 Å². The molecule has 2 saturated heterocycles. The van der Waals surface area contributed by atoms with Crippen molar-refractivity contribution in [3.05, 3.63) is 59.4 Å². The number of hydrogen-bond donors (Lipinski definition) is 0. The lowest BCUT2D eigenvalue weighted by Gasteiger charge is -2.45. The third kappa shape index (κ3) is 3.66. The molecule has 176 valence electrons. The molecule has 2 aromatic rings. The lowest BCUT2D eigenvalue weighted by atomic mass is 9.90. The standard InChI is InChI=1S/C26H28N4O4/c31-24-5-2-6-25(32)30(24)29-16-18-13-20(7-8-21(18)26(29)33)34-23-4-1-3-22(23)28-14-19(15-28)17-9-11-27-12-10-17/h7-13,19,22-23H,1-6,14-16H2/t22-,23+/m0/s1. The fourth-order valence-corrected chi connectivity index (χ4v) is 5.79. The summed E-state index contributed by atoms with van der Waals surface area (Å²) in [5, 5.41) is 2.33. The lowest BCUT2D eigenvalue weighted by molar-refractivity contribution is -0.163. The summed E-state index contributed by atoms with van der Waals surface area (Å²) in [7, 11) is 0. The van der Waals surface area contributed by atoms with Crippen LogP contribution in [-0.4, -0.2) is 62.9 Å². The predicted molar refractivity (Wildman–Crippen MR) is 123 cm³/mol. The summed E-state index contributed by atoms with van der Waals surface area (Å²) in [6.07, 6.45) is 8.25. The van der Waals surface area contributed by atoms with E-state index in [1.165, 1.54) is 10.6 Å². The van der Waals surface area contributed by atoms with E-state index in [2.05, 4.69) is 22.0 Å². The van der Waals surface area contributed by atoms with Crippen molar-refractivity contribution < 1.29 is 19.1 Å². The Morgan fingerprint density at radius 1 is 0.912 bits per heavy atom. The Bertz CT molecular complexity index is 1110. The van der Waals surface area contributed by atoms with Gasteiger partial charge in [-0.25, -0.2) is 5.01 Å². The van der Waals surface area contributed by atoms with Crippen LogP contribution in [0.15, 0.2) is 42.7 Å². The molecule has 1 aromatic carbocycles. The first-order chi connectivity index (χ1) is 16.6. The van der Waals surface area contributed by atoms with Crippen molar-refractivity contribution in [3.63, 3.8) is 0 Å². The van der Waals surface area contributed by atoms with Gasteiger partial charge in [-0.1, -0.05) is 0 Å². The highest BCUT2D eigenvalue weighted by Crippen LogP contribution is 2.37. The van der Waals surface area contributed by atoms with Crippen molar-refractivity contribution >= 4 is 17.7 Å². The number of nitrogens with zero attached hydrogens (tertiary/aromatic N) is 4. The van der Waals surface area contributed by atoms with E-state index in [0.717, 1.165) is 48.7 Å². The first kappa shape index (κ1) is 21.3. The van der Waals surface area contributed by atoms with Gasteiger partial charge >= 0.3 is 0 Å². The summed E-state index contributed by atoms with van der Waals surface area (Å²) in [5.41, 5.74) is 2.68. The maximum absolute atomic E-state index is 12.9. The van der Waals surface area contributed by atoms with Crippen LogP contribution in [0.25, 0.3) is 0 Å². The first-order valence-electron chi connectivity index (χ1n) is 12.2. The van der Waals surface area contributed by atoms with Crippen LogP contribution in [-0.2, 0) is 16.1 Å². The van der Waals surface area contributed by atoms with Crippen molar-refractivity contribution in [2.75, 3.05) is 13.1 Å². The first-order valence-corrected chi connectivity index (χ1v) is 12.2. The van der Waals surface area contributed by atoms with Crippen LogP contribution in [0.1, 0.15) is 65.9 Å². The number of aromatic nitrogens is 1. The highest BCUT2D eigenvalue weighted by Gasteiger charge is 2.42.